The predicted octanol–water partition coefficient (Wildman–Crippen LogP) is 1.02. The highest BCUT2D eigenvalue weighted by Crippen LogP contribution is 2.25. The molecule has 0 bridgehead atoms. The number of ether oxygens (including phenoxy) is 2. The number of methoxy groups -OCH3 is 1. The molecule has 1 fully saturated rings. The molecule has 2 heterocycles. The van der Waals surface area contributed by atoms with Gasteiger partial charge in [0, 0.05) is 32.4 Å². The van der Waals surface area contributed by atoms with Gasteiger partial charge in [-0.25, -0.2) is 0 Å². The third-order valence-corrected chi connectivity index (χ3v) is 5.41. The second kappa shape index (κ2) is 9.62. The molecule has 30 heavy (non-hydrogen) atoms. The Morgan fingerprint density at radius 2 is 2.00 bits per heavy atom. The summed E-state index contributed by atoms with van der Waals surface area (Å²) in [7, 11) is 5.25. The van der Waals surface area contributed by atoms with Gasteiger partial charge in [0.1, 0.15) is 12.6 Å². The summed E-state index contributed by atoms with van der Waals surface area (Å²) in [5.74, 6) is 1.15. The van der Waals surface area contributed by atoms with Gasteiger partial charge in [-0.1, -0.05) is 12.1 Å². The first-order valence-electron chi connectivity index (χ1n) is 9.92. The van der Waals surface area contributed by atoms with Crippen LogP contribution in [0.1, 0.15) is 16.1 Å². The first-order chi connectivity index (χ1) is 14.4. The number of nitrogens with zero attached hydrogens (tertiary/aromatic N) is 4. The molecule has 1 atom stereocenters. The van der Waals surface area contributed by atoms with Crippen LogP contribution in [-0.2, 0) is 4.79 Å². The number of aromatic nitrogens is 2. The van der Waals surface area contributed by atoms with E-state index in [1.165, 1.54) is 6.20 Å². The van der Waals surface area contributed by atoms with E-state index in [9.17, 15) is 9.59 Å². The van der Waals surface area contributed by atoms with Gasteiger partial charge in [0.2, 0.25) is 5.91 Å². The average molecular weight is 415 g/mol. The molecule has 0 saturated carbocycles. The normalized spacial score (nSPS) is 16.9. The Hall–Kier alpha value is -3.07. The molecule has 9 heteroatoms. The molecular weight excluding hydrogens is 386 g/mol. The topological polar surface area (TPSA) is 91.0 Å². The van der Waals surface area contributed by atoms with Crippen molar-refractivity contribution in [2.75, 3.05) is 54.0 Å². The number of nitrogens with one attached hydrogen (secondary N) is 1. The number of aromatic amines is 1. The molecule has 3 rings (SSSR count). The van der Waals surface area contributed by atoms with Gasteiger partial charge in [0.25, 0.3) is 5.91 Å². The molecule has 162 valence electrons. The standard InChI is InChI=1S/C21H29N5O4/c1-15-16(13-22-23-15)20(27)26-10-9-24(2)17(14-26)21(28)25(3)11-12-30-19-8-6-5-7-18(19)29-4/h5-8,13,17H,9-12,14H2,1-4H3,(H,22,23)/t17-/m0/s1. The summed E-state index contributed by atoms with van der Waals surface area (Å²) in [6.45, 7) is 4.13. The van der Waals surface area contributed by atoms with Crippen LogP contribution >= 0.6 is 0 Å². The lowest BCUT2D eigenvalue weighted by Gasteiger charge is -2.39. The number of carbonyl (C=O) groups is 2. The summed E-state index contributed by atoms with van der Waals surface area (Å²) in [5.41, 5.74) is 1.27. The van der Waals surface area contributed by atoms with E-state index in [1.54, 1.807) is 24.0 Å². The quantitative estimate of drug-likeness (QED) is 0.726. The molecule has 1 aromatic carbocycles. The molecule has 1 N–H and O–H groups in total. The number of carbonyl (C=O) groups excluding carboxylic acids is 2. The second-order valence-corrected chi connectivity index (χ2v) is 7.42. The molecule has 2 amide bonds. The number of hydrogen-bond acceptors (Lipinski definition) is 6. The van der Waals surface area contributed by atoms with Gasteiger partial charge in [0.05, 0.1) is 25.4 Å². The van der Waals surface area contributed by atoms with Crippen LogP contribution in [0.5, 0.6) is 11.5 Å². The Bertz CT molecular complexity index is 884. The Morgan fingerprint density at radius 3 is 2.67 bits per heavy atom. The monoisotopic (exact) mass is 415 g/mol. The van der Waals surface area contributed by atoms with E-state index in [-0.39, 0.29) is 11.8 Å². The molecule has 1 aliphatic heterocycles. The number of aryl methyl sites for hydroxylation is 1. The third kappa shape index (κ3) is 4.73. The molecule has 1 aliphatic rings. The van der Waals surface area contributed by atoms with E-state index < -0.39 is 6.04 Å². The van der Waals surface area contributed by atoms with E-state index in [0.29, 0.717) is 49.8 Å². The lowest BCUT2D eigenvalue weighted by atomic mass is 10.1. The average Bonchev–Trinajstić information content (AvgIpc) is 3.19. The first-order valence-corrected chi connectivity index (χ1v) is 9.92. The van der Waals surface area contributed by atoms with Crippen LogP contribution in [-0.4, -0.2) is 96.7 Å². The van der Waals surface area contributed by atoms with Crippen LogP contribution in [0.4, 0.5) is 0 Å². The summed E-state index contributed by atoms with van der Waals surface area (Å²) in [6.07, 6.45) is 1.54. The summed E-state index contributed by atoms with van der Waals surface area (Å²) >= 11 is 0. The van der Waals surface area contributed by atoms with Gasteiger partial charge in [-0.2, -0.15) is 5.10 Å². The van der Waals surface area contributed by atoms with Crippen molar-refractivity contribution in [3.63, 3.8) is 0 Å². The minimum atomic E-state index is -0.397. The summed E-state index contributed by atoms with van der Waals surface area (Å²) in [4.78, 5) is 31.2. The van der Waals surface area contributed by atoms with E-state index in [2.05, 4.69) is 10.2 Å². The molecule has 9 nitrogen and oxygen atoms in total. The van der Waals surface area contributed by atoms with Crippen molar-refractivity contribution in [1.29, 1.82) is 0 Å². The number of piperazine rings is 1. The maximum atomic E-state index is 13.0. The molecule has 1 saturated heterocycles. The van der Waals surface area contributed by atoms with Crippen molar-refractivity contribution in [3.05, 3.63) is 41.7 Å². The smallest absolute Gasteiger partial charge is 0.257 e. The summed E-state index contributed by atoms with van der Waals surface area (Å²) in [6, 6.07) is 7.01. The number of amides is 2. The van der Waals surface area contributed by atoms with Gasteiger partial charge in [-0.3, -0.25) is 19.6 Å². The fourth-order valence-electron chi connectivity index (χ4n) is 3.46. The fourth-order valence-corrected chi connectivity index (χ4v) is 3.46. The van der Waals surface area contributed by atoms with Gasteiger partial charge in [-0.15, -0.1) is 0 Å². The van der Waals surface area contributed by atoms with Crippen molar-refractivity contribution >= 4 is 11.8 Å². The first kappa shape index (κ1) is 21.6. The lowest BCUT2D eigenvalue weighted by Crippen LogP contribution is -2.59. The number of hydrogen-bond donors (Lipinski definition) is 1. The van der Waals surface area contributed by atoms with Gasteiger partial charge < -0.3 is 19.3 Å². The van der Waals surface area contributed by atoms with Crippen LogP contribution in [0.2, 0.25) is 0 Å². The van der Waals surface area contributed by atoms with E-state index in [0.717, 1.165) is 5.69 Å². The fraction of sp³-hybridized carbons (Fsp3) is 0.476. The van der Waals surface area contributed by atoms with Gasteiger partial charge in [0.15, 0.2) is 11.5 Å². The van der Waals surface area contributed by atoms with Gasteiger partial charge >= 0.3 is 0 Å². The van der Waals surface area contributed by atoms with Crippen LogP contribution in [0.25, 0.3) is 0 Å². The van der Waals surface area contributed by atoms with E-state index in [4.69, 9.17) is 9.47 Å². The highest BCUT2D eigenvalue weighted by molar-refractivity contribution is 5.95. The van der Waals surface area contributed by atoms with Crippen molar-refractivity contribution in [2.45, 2.75) is 13.0 Å². The van der Waals surface area contributed by atoms with Crippen LogP contribution in [0.15, 0.2) is 30.5 Å². The number of rotatable bonds is 7. The highest BCUT2D eigenvalue weighted by Gasteiger charge is 2.34. The summed E-state index contributed by atoms with van der Waals surface area (Å²) < 4.78 is 11.1. The zero-order valence-electron chi connectivity index (χ0n) is 17.9. The largest absolute Gasteiger partial charge is 0.493 e. The molecule has 2 aromatic rings. The number of H-pyrrole nitrogens is 1. The Morgan fingerprint density at radius 1 is 1.27 bits per heavy atom. The zero-order chi connectivity index (χ0) is 21.7. The predicted molar refractivity (Wildman–Crippen MR) is 112 cm³/mol. The second-order valence-electron chi connectivity index (χ2n) is 7.42. The molecule has 1 aromatic heterocycles. The minimum absolute atomic E-state index is 0.0393. The Kier molecular flexibility index (Phi) is 6.94. The van der Waals surface area contributed by atoms with Crippen LogP contribution in [0, 0.1) is 6.92 Å². The minimum Gasteiger partial charge on any atom is -0.493 e. The Labute approximate surface area is 176 Å². The van der Waals surface area contributed by atoms with Crippen molar-refractivity contribution in [1.82, 2.24) is 24.9 Å². The van der Waals surface area contributed by atoms with Crippen LogP contribution in [0.3, 0.4) is 0 Å². The Balaban J connectivity index is 1.57. The molecule has 0 spiro atoms. The highest BCUT2D eigenvalue weighted by atomic mass is 16.5. The lowest BCUT2D eigenvalue weighted by molar-refractivity contribution is -0.137. The SMILES string of the molecule is COc1ccccc1OCCN(C)C(=O)[C@@H]1CN(C(=O)c2cn[nH]c2C)CCN1C. The van der Waals surface area contributed by atoms with Gasteiger partial charge in [-0.05, 0) is 26.1 Å². The number of likely N-dealkylation sites (N-methyl/N-ethyl adjacent to an activating group) is 2. The molecule has 0 unspecified atom stereocenters. The number of para-hydroxylation sites is 2. The van der Waals surface area contributed by atoms with E-state index >= 15 is 0 Å². The molecular formula is C21H29N5O4. The molecule has 0 radical (unpaired) electrons. The number of benzene rings is 1. The van der Waals surface area contributed by atoms with Crippen LogP contribution < -0.4 is 9.47 Å². The maximum absolute atomic E-state index is 13.0. The summed E-state index contributed by atoms with van der Waals surface area (Å²) in [5, 5.41) is 6.71. The van der Waals surface area contributed by atoms with E-state index in [1.807, 2.05) is 43.1 Å². The molecule has 0 aliphatic carbocycles. The third-order valence-electron chi connectivity index (χ3n) is 5.41. The van der Waals surface area contributed by atoms with Crippen molar-refractivity contribution in [3.8, 4) is 11.5 Å². The zero-order valence-corrected chi connectivity index (χ0v) is 17.9. The van der Waals surface area contributed by atoms with Crippen molar-refractivity contribution in [2.24, 2.45) is 0 Å². The maximum Gasteiger partial charge on any atom is 0.257 e. The van der Waals surface area contributed by atoms with Crippen molar-refractivity contribution < 1.29 is 19.1 Å².